The zero-order chi connectivity index (χ0) is 30.1. The number of carbonyl (C=O) groups excluding carboxylic acids is 3. The van der Waals surface area contributed by atoms with Crippen LogP contribution in [0.1, 0.15) is 36.2 Å². The molecule has 3 aromatic rings. The van der Waals surface area contributed by atoms with Crippen LogP contribution in [0, 0.1) is 0 Å². The normalized spacial score (nSPS) is 22.1. The summed E-state index contributed by atoms with van der Waals surface area (Å²) in [6.45, 7) is 4.17. The van der Waals surface area contributed by atoms with E-state index in [1.165, 1.54) is 11.1 Å². The molecule has 0 radical (unpaired) electrons. The van der Waals surface area contributed by atoms with Gasteiger partial charge in [0.2, 0.25) is 17.6 Å². The van der Waals surface area contributed by atoms with Crippen LogP contribution in [0.15, 0.2) is 45.3 Å². The summed E-state index contributed by atoms with van der Waals surface area (Å²) < 4.78 is 34.8. The molecule has 2 unspecified atom stereocenters. The molecule has 230 valence electrons. The molecule has 1 N–H and O–H groups in total. The van der Waals surface area contributed by atoms with Crippen molar-refractivity contribution in [2.45, 2.75) is 42.0 Å². The number of sulfonamides is 1. The van der Waals surface area contributed by atoms with E-state index >= 15 is 0 Å². The van der Waals surface area contributed by atoms with Crippen LogP contribution >= 0.6 is 22.9 Å². The number of benzene rings is 1. The van der Waals surface area contributed by atoms with Crippen molar-refractivity contribution in [1.82, 2.24) is 29.5 Å². The van der Waals surface area contributed by atoms with E-state index in [4.69, 9.17) is 16.1 Å². The second kappa shape index (κ2) is 12.5. The maximum Gasteiger partial charge on any atom is 0.292 e. The molecule has 3 aliphatic heterocycles. The minimum atomic E-state index is -3.94. The van der Waals surface area contributed by atoms with E-state index in [0.29, 0.717) is 63.7 Å². The van der Waals surface area contributed by atoms with Crippen molar-refractivity contribution in [3.63, 3.8) is 0 Å². The van der Waals surface area contributed by atoms with Crippen molar-refractivity contribution in [2.24, 2.45) is 0 Å². The fourth-order valence-corrected chi connectivity index (χ4v) is 8.89. The lowest BCUT2D eigenvalue weighted by atomic mass is 10.1. The number of nitrogens with zero attached hydrogens (tertiary/aromatic N) is 5. The number of carbonyl (C=O) groups is 3. The van der Waals surface area contributed by atoms with Crippen LogP contribution in [0.3, 0.4) is 0 Å². The van der Waals surface area contributed by atoms with Crippen molar-refractivity contribution in [2.75, 3.05) is 52.4 Å². The number of hydrogen-bond donors (Lipinski definition) is 1. The molecule has 3 aliphatic rings. The Morgan fingerprint density at radius 1 is 1.05 bits per heavy atom. The van der Waals surface area contributed by atoms with Crippen molar-refractivity contribution < 1.29 is 27.3 Å². The fourth-order valence-electron chi connectivity index (χ4n) is 6.10. The maximum atomic E-state index is 13.4. The van der Waals surface area contributed by atoms with Gasteiger partial charge in [0.25, 0.3) is 15.9 Å². The predicted molar refractivity (Wildman–Crippen MR) is 160 cm³/mol. The van der Waals surface area contributed by atoms with E-state index < -0.39 is 16.1 Å². The van der Waals surface area contributed by atoms with Gasteiger partial charge in [-0.2, -0.15) is 4.72 Å². The SMILES string of the molecule is O=C(c1ccno1)N1CCN(CC2CCCN2C(=O)CN2CCCC(NS(=O)(=O)c3cc4cc(Cl)ccc4s3)C2=O)CC1. The van der Waals surface area contributed by atoms with Crippen molar-refractivity contribution in [1.29, 1.82) is 0 Å². The lowest BCUT2D eigenvalue weighted by Gasteiger charge is -2.38. The molecule has 3 saturated heterocycles. The van der Waals surface area contributed by atoms with E-state index in [1.807, 2.05) is 4.90 Å². The number of amides is 3. The minimum absolute atomic E-state index is 0.0275. The average molecular weight is 649 g/mol. The van der Waals surface area contributed by atoms with E-state index in [9.17, 15) is 22.8 Å². The molecule has 3 fully saturated rings. The van der Waals surface area contributed by atoms with Gasteiger partial charge in [-0.15, -0.1) is 11.3 Å². The molecule has 6 rings (SSSR count). The highest BCUT2D eigenvalue weighted by atomic mass is 35.5. The van der Waals surface area contributed by atoms with Crippen LogP contribution in [-0.4, -0.2) is 115 Å². The second-order valence-corrected chi connectivity index (χ2v) is 14.6. The molecule has 3 amide bonds. The van der Waals surface area contributed by atoms with Crippen LogP contribution in [-0.2, 0) is 19.6 Å². The Morgan fingerprint density at radius 2 is 1.84 bits per heavy atom. The Balaban J connectivity index is 1.03. The van der Waals surface area contributed by atoms with Crippen LogP contribution in [0.5, 0.6) is 0 Å². The number of hydrogen-bond acceptors (Lipinski definition) is 9. The number of aromatic nitrogens is 1. The third kappa shape index (κ3) is 6.58. The molecule has 0 saturated carbocycles. The number of halogens is 1. The van der Waals surface area contributed by atoms with E-state index in [-0.39, 0.29) is 40.3 Å². The molecule has 1 aromatic carbocycles. The smallest absolute Gasteiger partial charge is 0.292 e. The molecule has 0 bridgehead atoms. The third-order valence-corrected chi connectivity index (χ3v) is 11.6. The van der Waals surface area contributed by atoms with Gasteiger partial charge in [0.05, 0.1) is 12.7 Å². The van der Waals surface area contributed by atoms with Crippen LogP contribution in [0.4, 0.5) is 0 Å². The number of nitrogens with one attached hydrogen (secondary N) is 1. The highest BCUT2D eigenvalue weighted by Gasteiger charge is 2.37. The highest BCUT2D eigenvalue weighted by Crippen LogP contribution is 2.31. The minimum Gasteiger partial charge on any atom is -0.351 e. The lowest BCUT2D eigenvalue weighted by Crippen LogP contribution is -2.56. The van der Waals surface area contributed by atoms with E-state index in [0.717, 1.165) is 34.3 Å². The zero-order valence-electron chi connectivity index (χ0n) is 23.5. The van der Waals surface area contributed by atoms with Gasteiger partial charge in [-0.05, 0) is 55.3 Å². The number of likely N-dealkylation sites (tertiary alicyclic amines) is 2. The number of fused-ring (bicyclic) bond motifs is 1. The summed E-state index contributed by atoms with van der Waals surface area (Å²) in [5.74, 6) is -0.445. The Labute approximate surface area is 258 Å². The van der Waals surface area contributed by atoms with Crippen molar-refractivity contribution >= 4 is 60.8 Å². The summed E-state index contributed by atoms with van der Waals surface area (Å²) in [4.78, 5) is 46.6. The van der Waals surface area contributed by atoms with Crippen LogP contribution in [0.25, 0.3) is 10.1 Å². The summed E-state index contributed by atoms with van der Waals surface area (Å²) in [5, 5.41) is 4.85. The van der Waals surface area contributed by atoms with E-state index in [1.54, 1.807) is 35.2 Å². The number of piperazine rings is 1. The Hall–Kier alpha value is -3.04. The van der Waals surface area contributed by atoms with Gasteiger partial charge in [-0.1, -0.05) is 16.8 Å². The van der Waals surface area contributed by atoms with E-state index in [2.05, 4.69) is 14.8 Å². The van der Waals surface area contributed by atoms with Gasteiger partial charge in [0.15, 0.2) is 0 Å². The molecule has 2 aromatic heterocycles. The summed E-state index contributed by atoms with van der Waals surface area (Å²) in [5.41, 5.74) is 0. The molecule has 15 heteroatoms. The number of thiophene rings is 1. The van der Waals surface area contributed by atoms with Crippen LogP contribution in [0.2, 0.25) is 5.02 Å². The second-order valence-electron chi connectivity index (χ2n) is 11.2. The molecule has 2 atom stereocenters. The fraction of sp³-hybridized carbons (Fsp3) is 0.500. The average Bonchev–Trinajstić information content (AvgIpc) is 3.76. The number of rotatable bonds is 8. The Bertz CT molecular complexity index is 1600. The standard InChI is InChI=1S/C28H33ClN6O6S2/c29-20-5-6-24-19(15-20)16-26(42-24)43(39,40)31-22-4-2-9-34(27(22)37)18-25(36)35-10-1-3-21(35)17-32-11-13-33(14-12-32)28(38)23-7-8-30-41-23/h5-8,15-16,21-22,31H,1-4,9-14,17-18H2. The summed E-state index contributed by atoms with van der Waals surface area (Å²) >= 11 is 7.17. The van der Waals surface area contributed by atoms with Gasteiger partial charge in [-0.25, -0.2) is 8.42 Å². The molecule has 0 spiro atoms. The molecular weight excluding hydrogens is 616 g/mol. The maximum absolute atomic E-state index is 13.4. The summed E-state index contributed by atoms with van der Waals surface area (Å²) in [6.07, 6.45) is 4.18. The Kier molecular flexibility index (Phi) is 8.74. The molecule has 0 aliphatic carbocycles. The Morgan fingerprint density at radius 3 is 2.60 bits per heavy atom. The quantitative estimate of drug-likeness (QED) is 0.393. The lowest BCUT2D eigenvalue weighted by molar-refractivity contribution is -0.143. The highest BCUT2D eigenvalue weighted by molar-refractivity contribution is 7.91. The summed E-state index contributed by atoms with van der Waals surface area (Å²) in [7, 11) is -3.94. The van der Waals surface area contributed by atoms with Gasteiger partial charge >= 0.3 is 0 Å². The van der Waals surface area contributed by atoms with Gasteiger partial charge in [-0.3, -0.25) is 19.3 Å². The van der Waals surface area contributed by atoms with Gasteiger partial charge in [0, 0.05) is 67.6 Å². The van der Waals surface area contributed by atoms with Gasteiger partial charge in [0.1, 0.15) is 10.3 Å². The van der Waals surface area contributed by atoms with Crippen molar-refractivity contribution in [3.8, 4) is 0 Å². The summed E-state index contributed by atoms with van der Waals surface area (Å²) in [6, 6.07) is 7.41. The first kappa shape index (κ1) is 30.0. The van der Waals surface area contributed by atoms with Crippen LogP contribution < -0.4 is 4.72 Å². The molecular formula is C28H33ClN6O6S2. The molecule has 12 nitrogen and oxygen atoms in total. The van der Waals surface area contributed by atoms with Crippen molar-refractivity contribution in [3.05, 3.63) is 47.3 Å². The first-order valence-electron chi connectivity index (χ1n) is 14.4. The largest absolute Gasteiger partial charge is 0.351 e. The monoisotopic (exact) mass is 648 g/mol. The predicted octanol–water partition coefficient (Wildman–Crippen LogP) is 2.26. The number of piperidine rings is 1. The third-order valence-electron chi connectivity index (χ3n) is 8.35. The zero-order valence-corrected chi connectivity index (χ0v) is 25.9. The topological polar surface area (TPSA) is 136 Å². The molecule has 43 heavy (non-hydrogen) atoms. The first-order chi connectivity index (χ1) is 20.7. The first-order valence-corrected chi connectivity index (χ1v) is 17.1. The van der Waals surface area contributed by atoms with Gasteiger partial charge < -0.3 is 19.2 Å². The molecule has 5 heterocycles.